The van der Waals surface area contributed by atoms with Gasteiger partial charge in [-0.1, -0.05) is 5.21 Å². The molecule has 3 heterocycles. The largest absolute Gasteiger partial charge is 0.185 e. The first-order chi connectivity index (χ1) is 8.28. The van der Waals surface area contributed by atoms with E-state index >= 15 is 0 Å². The van der Waals surface area contributed by atoms with Gasteiger partial charge in [0, 0.05) is 19.2 Å². The van der Waals surface area contributed by atoms with Crippen LogP contribution in [0.2, 0.25) is 0 Å². The van der Waals surface area contributed by atoms with Gasteiger partial charge in [-0.15, -0.1) is 32.9 Å². The Morgan fingerprint density at radius 2 is 2.06 bits per heavy atom. The smallest absolute Gasteiger partial charge is 0.177 e. The SMILES string of the molecule is Cc1cc2sc(C3(c4nn[nH]n4)CC3)cc2s1. The molecule has 1 fully saturated rings. The third-order valence-corrected chi connectivity index (χ3v) is 5.74. The van der Waals surface area contributed by atoms with Gasteiger partial charge in [0.1, 0.15) is 0 Å². The maximum atomic E-state index is 4.16. The molecule has 6 heteroatoms. The first kappa shape index (κ1) is 9.73. The van der Waals surface area contributed by atoms with Crippen LogP contribution in [-0.2, 0) is 5.41 Å². The van der Waals surface area contributed by atoms with E-state index in [1.165, 1.54) is 19.2 Å². The zero-order valence-corrected chi connectivity index (χ0v) is 10.9. The number of thiophene rings is 2. The van der Waals surface area contributed by atoms with Gasteiger partial charge in [0.15, 0.2) is 5.82 Å². The first-order valence-corrected chi connectivity index (χ1v) is 7.16. The number of H-pyrrole nitrogens is 1. The molecule has 0 bridgehead atoms. The normalized spacial score (nSPS) is 17.7. The highest BCUT2D eigenvalue weighted by Gasteiger charge is 2.50. The van der Waals surface area contributed by atoms with Crippen molar-refractivity contribution in [3.05, 3.63) is 27.7 Å². The number of hydrogen-bond acceptors (Lipinski definition) is 5. The molecule has 4 rings (SSSR count). The van der Waals surface area contributed by atoms with Crippen molar-refractivity contribution in [1.82, 2.24) is 20.6 Å². The maximum Gasteiger partial charge on any atom is 0.185 e. The van der Waals surface area contributed by atoms with E-state index in [1.807, 2.05) is 22.7 Å². The van der Waals surface area contributed by atoms with Crippen LogP contribution in [0.5, 0.6) is 0 Å². The van der Waals surface area contributed by atoms with Gasteiger partial charge in [-0.2, -0.15) is 5.21 Å². The number of aromatic amines is 1. The Kier molecular flexibility index (Phi) is 1.80. The van der Waals surface area contributed by atoms with Gasteiger partial charge in [0.05, 0.1) is 5.41 Å². The molecule has 0 aliphatic heterocycles. The summed E-state index contributed by atoms with van der Waals surface area (Å²) < 4.78 is 2.77. The monoisotopic (exact) mass is 262 g/mol. The molecule has 0 radical (unpaired) electrons. The summed E-state index contributed by atoms with van der Waals surface area (Å²) in [6.45, 7) is 2.16. The highest BCUT2D eigenvalue weighted by Crippen LogP contribution is 2.55. The summed E-state index contributed by atoms with van der Waals surface area (Å²) in [5.74, 6) is 0.850. The summed E-state index contributed by atoms with van der Waals surface area (Å²) in [5.41, 5.74) is 0.0598. The number of nitrogens with one attached hydrogen (secondary N) is 1. The van der Waals surface area contributed by atoms with Crippen molar-refractivity contribution in [3.63, 3.8) is 0 Å². The number of tetrazole rings is 1. The maximum absolute atomic E-state index is 4.16. The molecule has 17 heavy (non-hydrogen) atoms. The molecule has 0 atom stereocenters. The van der Waals surface area contributed by atoms with Gasteiger partial charge in [0.2, 0.25) is 0 Å². The average Bonchev–Trinajstić information content (AvgIpc) is 2.67. The Hall–Kier alpha value is -1.27. The average molecular weight is 262 g/mol. The van der Waals surface area contributed by atoms with Gasteiger partial charge >= 0.3 is 0 Å². The van der Waals surface area contributed by atoms with Crippen LogP contribution < -0.4 is 0 Å². The molecule has 1 N–H and O–H groups in total. The Morgan fingerprint density at radius 3 is 2.71 bits per heavy atom. The van der Waals surface area contributed by atoms with Crippen molar-refractivity contribution in [2.45, 2.75) is 25.2 Å². The van der Waals surface area contributed by atoms with E-state index in [0.29, 0.717) is 0 Å². The highest BCUT2D eigenvalue weighted by molar-refractivity contribution is 7.27. The van der Waals surface area contributed by atoms with E-state index in [2.05, 4.69) is 39.7 Å². The predicted molar refractivity (Wildman–Crippen MR) is 68.6 cm³/mol. The van der Waals surface area contributed by atoms with E-state index in [4.69, 9.17) is 0 Å². The molecule has 1 aliphatic carbocycles. The molecule has 86 valence electrons. The summed E-state index contributed by atoms with van der Waals surface area (Å²) in [6.07, 6.45) is 2.28. The summed E-state index contributed by atoms with van der Waals surface area (Å²) >= 11 is 3.73. The molecular weight excluding hydrogens is 252 g/mol. The van der Waals surface area contributed by atoms with Crippen molar-refractivity contribution in [2.24, 2.45) is 0 Å². The topological polar surface area (TPSA) is 54.5 Å². The van der Waals surface area contributed by atoms with Crippen LogP contribution in [0.1, 0.15) is 28.4 Å². The lowest BCUT2D eigenvalue weighted by Gasteiger charge is -2.06. The number of nitrogens with zero attached hydrogens (tertiary/aromatic N) is 3. The second-order valence-corrected chi connectivity index (χ2v) is 6.89. The lowest BCUT2D eigenvalue weighted by atomic mass is 10.1. The minimum Gasteiger partial charge on any atom is -0.177 e. The summed E-state index contributed by atoms with van der Waals surface area (Å²) in [4.78, 5) is 2.77. The van der Waals surface area contributed by atoms with Crippen molar-refractivity contribution in [1.29, 1.82) is 0 Å². The van der Waals surface area contributed by atoms with Gasteiger partial charge in [0.25, 0.3) is 0 Å². The van der Waals surface area contributed by atoms with E-state index in [1.54, 1.807) is 0 Å². The van der Waals surface area contributed by atoms with E-state index in [0.717, 1.165) is 18.7 Å². The lowest BCUT2D eigenvalue weighted by Crippen LogP contribution is -2.08. The Bertz CT molecular complexity index is 644. The Balaban J connectivity index is 1.86. The van der Waals surface area contributed by atoms with Crippen LogP contribution in [0, 0.1) is 6.92 Å². The molecule has 0 spiro atoms. The highest BCUT2D eigenvalue weighted by atomic mass is 32.1. The second kappa shape index (κ2) is 3.14. The Labute approximate surface area is 106 Å². The first-order valence-electron chi connectivity index (χ1n) is 5.52. The molecule has 0 saturated heterocycles. The lowest BCUT2D eigenvalue weighted by molar-refractivity contribution is 0.775. The summed E-state index contributed by atoms with van der Waals surface area (Å²) in [5, 5.41) is 14.6. The minimum absolute atomic E-state index is 0.0598. The Morgan fingerprint density at radius 1 is 1.24 bits per heavy atom. The molecule has 0 amide bonds. The van der Waals surface area contributed by atoms with Crippen molar-refractivity contribution in [2.75, 3.05) is 0 Å². The van der Waals surface area contributed by atoms with Gasteiger partial charge in [-0.3, -0.25) is 0 Å². The number of fused-ring (bicyclic) bond motifs is 1. The van der Waals surface area contributed by atoms with Gasteiger partial charge in [-0.05, 0) is 31.9 Å². The molecule has 0 aromatic carbocycles. The van der Waals surface area contributed by atoms with Gasteiger partial charge < -0.3 is 0 Å². The molecule has 1 aliphatic rings. The van der Waals surface area contributed by atoms with Gasteiger partial charge in [-0.25, -0.2) is 0 Å². The second-order valence-electron chi connectivity index (χ2n) is 4.51. The van der Waals surface area contributed by atoms with Crippen LogP contribution in [0.25, 0.3) is 9.40 Å². The number of rotatable bonds is 2. The number of hydrogen-bond donors (Lipinski definition) is 1. The minimum atomic E-state index is 0.0598. The predicted octanol–water partition coefficient (Wildman–Crippen LogP) is 2.86. The quantitative estimate of drug-likeness (QED) is 0.772. The third-order valence-electron chi connectivity index (χ3n) is 3.33. The standard InChI is InChI=1S/C11H10N4S2/c1-6-4-7-8(16-6)5-9(17-7)11(2-3-11)10-12-14-15-13-10/h4-5H,2-3H2,1H3,(H,12,13,14,15). The number of aryl methyl sites for hydroxylation is 1. The van der Waals surface area contributed by atoms with Crippen molar-refractivity contribution in [3.8, 4) is 0 Å². The van der Waals surface area contributed by atoms with Crippen LogP contribution in [0.4, 0.5) is 0 Å². The van der Waals surface area contributed by atoms with E-state index < -0.39 is 0 Å². The van der Waals surface area contributed by atoms with Crippen LogP contribution >= 0.6 is 22.7 Å². The van der Waals surface area contributed by atoms with E-state index in [9.17, 15) is 0 Å². The van der Waals surface area contributed by atoms with Crippen LogP contribution in [0.15, 0.2) is 12.1 Å². The van der Waals surface area contributed by atoms with E-state index in [-0.39, 0.29) is 5.41 Å². The van der Waals surface area contributed by atoms with Crippen molar-refractivity contribution >= 4 is 32.1 Å². The fraction of sp³-hybridized carbons (Fsp3) is 0.364. The molecule has 1 saturated carbocycles. The van der Waals surface area contributed by atoms with Crippen molar-refractivity contribution < 1.29 is 0 Å². The molecule has 3 aromatic heterocycles. The van der Waals surface area contributed by atoms with Crippen LogP contribution in [-0.4, -0.2) is 20.6 Å². The molecule has 3 aromatic rings. The molecule has 0 unspecified atom stereocenters. The van der Waals surface area contributed by atoms with Crippen LogP contribution in [0.3, 0.4) is 0 Å². The fourth-order valence-electron chi connectivity index (χ4n) is 2.26. The summed E-state index contributed by atoms with van der Waals surface area (Å²) in [6, 6.07) is 4.57. The number of aromatic nitrogens is 4. The summed E-state index contributed by atoms with van der Waals surface area (Å²) in [7, 11) is 0. The third kappa shape index (κ3) is 1.31. The molecule has 4 nitrogen and oxygen atoms in total. The zero-order chi connectivity index (χ0) is 11.5. The fourth-order valence-corrected chi connectivity index (χ4v) is 4.82. The molecular formula is C11H10N4S2. The zero-order valence-electron chi connectivity index (χ0n) is 9.23.